The van der Waals surface area contributed by atoms with E-state index in [1.807, 2.05) is 17.9 Å². The summed E-state index contributed by atoms with van der Waals surface area (Å²) < 4.78 is 39.3. The Hall–Kier alpha value is -1.04. The zero-order valence-corrected chi connectivity index (χ0v) is 18.1. The van der Waals surface area contributed by atoms with E-state index in [4.69, 9.17) is 0 Å². The number of aromatic nitrogens is 2. The molecular weight excluding hydrogens is 472 g/mol. The third-order valence-electron chi connectivity index (χ3n) is 5.22. The van der Waals surface area contributed by atoms with Crippen molar-refractivity contribution < 1.29 is 13.2 Å². The van der Waals surface area contributed by atoms with Gasteiger partial charge in [0.2, 0.25) is 0 Å². The molecular formula is C17H28F3IN6. The van der Waals surface area contributed by atoms with Gasteiger partial charge >= 0.3 is 6.18 Å². The number of guanidine groups is 1. The second-order valence-electron chi connectivity index (χ2n) is 7.31. The Balaban J connectivity index is 0.00000261. The van der Waals surface area contributed by atoms with Crippen LogP contribution in [0.2, 0.25) is 0 Å². The second kappa shape index (κ2) is 9.44. The molecule has 0 saturated carbocycles. The van der Waals surface area contributed by atoms with Crippen molar-refractivity contribution in [3.63, 3.8) is 0 Å². The van der Waals surface area contributed by atoms with E-state index in [1.54, 1.807) is 7.05 Å². The first kappa shape index (κ1) is 22.3. The molecule has 2 aliphatic rings. The van der Waals surface area contributed by atoms with Crippen molar-refractivity contribution in [2.45, 2.75) is 24.9 Å². The van der Waals surface area contributed by atoms with Gasteiger partial charge in [0.25, 0.3) is 0 Å². The fourth-order valence-electron chi connectivity index (χ4n) is 3.92. The number of nitrogens with one attached hydrogen (secondary N) is 1. The molecule has 6 nitrogen and oxygen atoms in total. The first-order valence-corrected chi connectivity index (χ1v) is 9.07. The summed E-state index contributed by atoms with van der Waals surface area (Å²) >= 11 is 0. The van der Waals surface area contributed by atoms with Crippen LogP contribution >= 0.6 is 24.0 Å². The fourth-order valence-corrected chi connectivity index (χ4v) is 3.92. The van der Waals surface area contributed by atoms with Crippen molar-refractivity contribution in [1.29, 1.82) is 0 Å². The lowest BCUT2D eigenvalue weighted by Crippen LogP contribution is -2.42. The van der Waals surface area contributed by atoms with Gasteiger partial charge in [-0.3, -0.25) is 14.6 Å². The normalized spacial score (nSPS) is 24.3. The zero-order valence-electron chi connectivity index (χ0n) is 15.7. The molecule has 0 radical (unpaired) electrons. The predicted octanol–water partition coefficient (Wildman–Crippen LogP) is 2.29. The van der Waals surface area contributed by atoms with E-state index in [-0.39, 0.29) is 29.9 Å². The molecule has 0 spiro atoms. The monoisotopic (exact) mass is 500 g/mol. The third kappa shape index (κ3) is 6.23. The number of nitrogens with zero attached hydrogens (tertiary/aromatic N) is 5. The topological polar surface area (TPSA) is 48.7 Å². The van der Waals surface area contributed by atoms with Gasteiger partial charge in [-0.15, -0.1) is 24.0 Å². The lowest BCUT2D eigenvalue weighted by atomic mass is 10.0. The van der Waals surface area contributed by atoms with Crippen molar-refractivity contribution in [3.05, 3.63) is 18.0 Å². The van der Waals surface area contributed by atoms with Crippen LogP contribution in [0.25, 0.3) is 0 Å². The van der Waals surface area contributed by atoms with E-state index in [0.717, 1.165) is 31.9 Å². The molecule has 10 heteroatoms. The van der Waals surface area contributed by atoms with Gasteiger partial charge in [-0.25, -0.2) is 0 Å². The first-order chi connectivity index (χ1) is 12.3. The summed E-state index contributed by atoms with van der Waals surface area (Å²) in [5.74, 6) is 1.51. The van der Waals surface area contributed by atoms with E-state index >= 15 is 0 Å². The predicted molar refractivity (Wildman–Crippen MR) is 110 cm³/mol. The highest BCUT2D eigenvalue weighted by Gasteiger charge is 2.34. The van der Waals surface area contributed by atoms with Crippen LogP contribution in [-0.4, -0.2) is 78.0 Å². The van der Waals surface area contributed by atoms with Gasteiger partial charge in [0, 0.05) is 52.4 Å². The Morgan fingerprint density at radius 3 is 2.70 bits per heavy atom. The number of likely N-dealkylation sites (tertiary alicyclic amines) is 2. The van der Waals surface area contributed by atoms with E-state index in [2.05, 4.69) is 26.5 Å². The van der Waals surface area contributed by atoms with Crippen LogP contribution in [0.15, 0.2) is 17.4 Å². The molecule has 1 aromatic rings. The summed E-state index contributed by atoms with van der Waals surface area (Å²) in [6.45, 7) is 2.66. The average Bonchev–Trinajstić information content (AvgIpc) is 3.28. The highest BCUT2D eigenvalue weighted by Crippen LogP contribution is 2.27. The molecule has 3 heterocycles. The Kier molecular flexibility index (Phi) is 7.78. The van der Waals surface area contributed by atoms with Gasteiger partial charge in [-0.05, 0) is 30.9 Å². The minimum Gasteiger partial charge on any atom is -0.356 e. The largest absolute Gasteiger partial charge is 0.401 e. The molecule has 0 aromatic carbocycles. The van der Waals surface area contributed by atoms with Gasteiger partial charge in [0.1, 0.15) is 0 Å². The average molecular weight is 500 g/mol. The molecule has 0 bridgehead atoms. The molecule has 1 N–H and O–H groups in total. The van der Waals surface area contributed by atoms with Crippen molar-refractivity contribution in [2.24, 2.45) is 18.0 Å². The maximum atomic E-state index is 12.5. The number of rotatable bonds is 4. The summed E-state index contributed by atoms with van der Waals surface area (Å²) in [7, 11) is 3.67. The summed E-state index contributed by atoms with van der Waals surface area (Å²) in [5.41, 5.74) is 1.24. The standard InChI is InChI=1S/C17H27F3N6.HI/c1-21-16(22-7-13-3-5-25(9-13)12-17(18,19)20)26-6-4-14(11-26)15-8-23-24(2)10-15;/h8,10,13-14H,3-7,9,11-12H2,1-2H3,(H,21,22);1H. The minimum absolute atomic E-state index is 0. The Labute approximate surface area is 175 Å². The summed E-state index contributed by atoms with van der Waals surface area (Å²) in [4.78, 5) is 8.07. The molecule has 27 heavy (non-hydrogen) atoms. The Morgan fingerprint density at radius 1 is 1.30 bits per heavy atom. The van der Waals surface area contributed by atoms with E-state index in [0.29, 0.717) is 25.6 Å². The Bertz CT molecular complexity index is 632. The quantitative estimate of drug-likeness (QED) is 0.392. The maximum absolute atomic E-state index is 12.5. The van der Waals surface area contributed by atoms with Gasteiger partial charge in [0.05, 0.1) is 12.7 Å². The van der Waals surface area contributed by atoms with Crippen LogP contribution in [0.1, 0.15) is 24.3 Å². The number of hydrogen-bond acceptors (Lipinski definition) is 3. The van der Waals surface area contributed by atoms with Crippen LogP contribution in [-0.2, 0) is 7.05 Å². The van der Waals surface area contributed by atoms with Crippen LogP contribution in [0.5, 0.6) is 0 Å². The van der Waals surface area contributed by atoms with Gasteiger partial charge < -0.3 is 10.2 Å². The minimum atomic E-state index is -4.12. The SMILES string of the molecule is CN=C(NCC1CCN(CC(F)(F)F)C1)N1CCC(c2cnn(C)c2)C1.I. The van der Waals surface area contributed by atoms with Gasteiger partial charge in [-0.2, -0.15) is 18.3 Å². The molecule has 2 unspecified atom stereocenters. The molecule has 2 atom stereocenters. The summed E-state index contributed by atoms with van der Waals surface area (Å²) in [6, 6.07) is 0. The third-order valence-corrected chi connectivity index (χ3v) is 5.22. The fraction of sp³-hybridized carbons (Fsp3) is 0.765. The highest BCUT2D eigenvalue weighted by molar-refractivity contribution is 14.0. The van der Waals surface area contributed by atoms with E-state index < -0.39 is 12.7 Å². The highest BCUT2D eigenvalue weighted by atomic mass is 127. The van der Waals surface area contributed by atoms with Crippen molar-refractivity contribution in [3.8, 4) is 0 Å². The van der Waals surface area contributed by atoms with Crippen molar-refractivity contribution >= 4 is 29.9 Å². The number of alkyl halides is 3. The maximum Gasteiger partial charge on any atom is 0.401 e. The van der Waals surface area contributed by atoms with Gasteiger partial charge in [0.15, 0.2) is 5.96 Å². The number of halogens is 4. The molecule has 2 fully saturated rings. The van der Waals surface area contributed by atoms with Crippen molar-refractivity contribution in [1.82, 2.24) is 24.9 Å². The van der Waals surface area contributed by atoms with E-state index in [1.165, 1.54) is 10.5 Å². The number of aryl methyl sites for hydroxylation is 1. The summed E-state index contributed by atoms with van der Waals surface area (Å²) in [6.07, 6.45) is 1.69. The summed E-state index contributed by atoms with van der Waals surface area (Å²) in [5, 5.41) is 7.60. The zero-order chi connectivity index (χ0) is 18.7. The van der Waals surface area contributed by atoms with Crippen LogP contribution in [0, 0.1) is 5.92 Å². The molecule has 154 valence electrons. The van der Waals surface area contributed by atoms with Crippen molar-refractivity contribution in [2.75, 3.05) is 46.3 Å². The smallest absolute Gasteiger partial charge is 0.356 e. The lowest BCUT2D eigenvalue weighted by molar-refractivity contribution is -0.143. The van der Waals surface area contributed by atoms with Gasteiger partial charge in [-0.1, -0.05) is 0 Å². The number of aliphatic imine (C=N–C) groups is 1. The van der Waals surface area contributed by atoms with Crippen LogP contribution < -0.4 is 5.32 Å². The molecule has 2 saturated heterocycles. The molecule has 2 aliphatic heterocycles. The molecule has 1 aromatic heterocycles. The van der Waals surface area contributed by atoms with E-state index in [9.17, 15) is 13.2 Å². The van der Waals surface area contributed by atoms with Crippen LogP contribution in [0.4, 0.5) is 13.2 Å². The molecule has 0 aliphatic carbocycles. The molecule has 0 amide bonds. The second-order valence-corrected chi connectivity index (χ2v) is 7.31. The lowest BCUT2D eigenvalue weighted by Gasteiger charge is -2.23. The molecule has 3 rings (SSSR count). The Morgan fingerprint density at radius 2 is 2.07 bits per heavy atom. The first-order valence-electron chi connectivity index (χ1n) is 9.07. The number of hydrogen-bond donors (Lipinski definition) is 1. The van der Waals surface area contributed by atoms with Crippen LogP contribution in [0.3, 0.4) is 0 Å².